The van der Waals surface area contributed by atoms with Crippen molar-refractivity contribution < 1.29 is 38.4 Å². The summed E-state index contributed by atoms with van der Waals surface area (Å²) in [6.07, 6.45) is -0.284. The van der Waals surface area contributed by atoms with Crippen molar-refractivity contribution in [2.45, 2.75) is 77.2 Å². The van der Waals surface area contributed by atoms with E-state index < -0.39 is 53.8 Å². The molecule has 164 valence electrons. The Morgan fingerprint density at radius 1 is 1.27 bits per heavy atom. The van der Waals surface area contributed by atoms with E-state index in [0.29, 0.717) is 17.6 Å². The molecule has 3 rings (SSSR count). The van der Waals surface area contributed by atoms with Crippen molar-refractivity contribution in [1.82, 2.24) is 0 Å². The fourth-order valence-electron chi connectivity index (χ4n) is 3.85. The molecule has 0 aromatic carbocycles. The molecule has 0 amide bonds. The van der Waals surface area contributed by atoms with E-state index in [1.165, 1.54) is 6.92 Å². The Balaban J connectivity index is 1.98. The first-order chi connectivity index (χ1) is 14.0. The van der Waals surface area contributed by atoms with E-state index in [4.69, 9.17) is 18.9 Å². The molecule has 1 aliphatic carbocycles. The van der Waals surface area contributed by atoms with Crippen LogP contribution in [0, 0.1) is 5.92 Å². The van der Waals surface area contributed by atoms with Crippen LogP contribution in [0.1, 0.15) is 41.0 Å². The smallest absolute Gasteiger partial charge is 0.341 e. The minimum Gasteiger partial charge on any atom is -0.458 e. The highest BCUT2D eigenvalue weighted by Crippen LogP contribution is 2.40. The fourth-order valence-corrected chi connectivity index (χ4v) is 3.85. The van der Waals surface area contributed by atoms with Gasteiger partial charge in [0.1, 0.15) is 24.4 Å². The molecular weight excluding hydrogens is 392 g/mol. The van der Waals surface area contributed by atoms with E-state index in [0.717, 1.165) is 0 Å². The van der Waals surface area contributed by atoms with Crippen molar-refractivity contribution in [3.63, 3.8) is 0 Å². The van der Waals surface area contributed by atoms with E-state index in [1.54, 1.807) is 39.8 Å². The van der Waals surface area contributed by atoms with Gasteiger partial charge in [0, 0.05) is 18.9 Å². The van der Waals surface area contributed by atoms with Gasteiger partial charge in [0.25, 0.3) is 0 Å². The highest BCUT2D eigenvalue weighted by Gasteiger charge is 2.58. The summed E-state index contributed by atoms with van der Waals surface area (Å²) in [4.78, 5) is 36.4. The van der Waals surface area contributed by atoms with E-state index in [-0.39, 0.29) is 11.7 Å². The van der Waals surface area contributed by atoms with Crippen LogP contribution in [0.15, 0.2) is 35.5 Å². The summed E-state index contributed by atoms with van der Waals surface area (Å²) in [5.74, 6) is -2.50. The third-order valence-corrected chi connectivity index (χ3v) is 6.07. The Morgan fingerprint density at radius 3 is 2.47 bits per heavy atom. The number of carbonyl (C=O) groups excluding carboxylic acids is 3. The first kappa shape index (κ1) is 22.2. The Labute approximate surface area is 175 Å². The number of fused-ring (bicyclic) bond motifs is 1. The SMILES string of the molecule is C=C1C(=O)O[C@@H]2/C=C(/C)[C@@H](OC(C)=O)C/C=C(/C)C(OC(=O)[C@]3(C)O[C@@H]3C)[C@@H](O)[C@@H]12. The summed E-state index contributed by atoms with van der Waals surface area (Å²) in [5.41, 5.74) is 0.273. The second-order valence-electron chi connectivity index (χ2n) is 8.30. The van der Waals surface area contributed by atoms with Gasteiger partial charge in [0.15, 0.2) is 5.60 Å². The molecule has 0 saturated carbocycles. The van der Waals surface area contributed by atoms with Gasteiger partial charge in [-0.1, -0.05) is 12.7 Å². The maximum Gasteiger partial charge on any atom is 0.341 e. The van der Waals surface area contributed by atoms with E-state index >= 15 is 0 Å². The Kier molecular flexibility index (Phi) is 5.93. The minimum absolute atomic E-state index is 0.0947. The van der Waals surface area contributed by atoms with Gasteiger partial charge in [-0.2, -0.15) is 0 Å². The number of hydrogen-bond donors (Lipinski definition) is 1. The lowest BCUT2D eigenvalue weighted by Crippen LogP contribution is -2.44. The number of ether oxygens (including phenoxy) is 4. The Hall–Kier alpha value is -2.45. The lowest BCUT2D eigenvalue weighted by Gasteiger charge is -2.31. The molecule has 0 aromatic rings. The summed E-state index contributed by atoms with van der Waals surface area (Å²) in [7, 11) is 0. The number of rotatable bonds is 3. The van der Waals surface area contributed by atoms with E-state index in [2.05, 4.69) is 6.58 Å². The summed E-state index contributed by atoms with van der Waals surface area (Å²) < 4.78 is 21.8. The van der Waals surface area contributed by atoms with Crippen LogP contribution in [0.5, 0.6) is 0 Å². The predicted octanol–water partition coefficient (Wildman–Crippen LogP) is 1.76. The van der Waals surface area contributed by atoms with Crippen molar-refractivity contribution in [1.29, 1.82) is 0 Å². The molecule has 1 unspecified atom stereocenters. The molecule has 0 bridgehead atoms. The highest BCUT2D eigenvalue weighted by molar-refractivity contribution is 5.91. The van der Waals surface area contributed by atoms with Crippen molar-refractivity contribution >= 4 is 17.9 Å². The maximum atomic E-state index is 12.7. The first-order valence-corrected chi connectivity index (χ1v) is 9.94. The van der Waals surface area contributed by atoms with Crippen molar-refractivity contribution in [2.24, 2.45) is 5.92 Å². The average Bonchev–Trinajstić information content (AvgIpc) is 3.18. The quantitative estimate of drug-likeness (QED) is 0.242. The summed E-state index contributed by atoms with van der Waals surface area (Å²) in [6, 6.07) is 0. The second-order valence-corrected chi connectivity index (χ2v) is 8.30. The van der Waals surface area contributed by atoms with Crippen LogP contribution in [-0.4, -0.2) is 59.1 Å². The molecule has 8 heteroatoms. The molecule has 3 aliphatic rings. The second kappa shape index (κ2) is 8.00. The molecule has 2 heterocycles. The van der Waals surface area contributed by atoms with Crippen molar-refractivity contribution in [3.05, 3.63) is 35.5 Å². The average molecular weight is 420 g/mol. The summed E-state index contributed by atoms with van der Waals surface area (Å²) in [6.45, 7) is 11.9. The molecular formula is C22H28O8. The molecule has 8 nitrogen and oxygen atoms in total. The van der Waals surface area contributed by atoms with Crippen LogP contribution in [0.25, 0.3) is 0 Å². The predicted molar refractivity (Wildman–Crippen MR) is 105 cm³/mol. The molecule has 7 atom stereocenters. The number of hydrogen-bond acceptors (Lipinski definition) is 8. The zero-order valence-corrected chi connectivity index (χ0v) is 17.8. The van der Waals surface area contributed by atoms with Crippen LogP contribution >= 0.6 is 0 Å². The standard InChI is InChI=1S/C22H28O8/c1-10-7-8-15(27-14(5)23)11(2)9-16-17(12(3)20(25)28-16)18(24)19(10)29-21(26)22(6)13(4)30-22/h7,9,13,15-19,24H,3,8H2,1-2,4-6H3/b10-7-,11-9-/t13-,15+,16-,17+,18+,19?,22-/m1/s1. The molecule has 2 fully saturated rings. The van der Waals surface area contributed by atoms with Gasteiger partial charge < -0.3 is 24.1 Å². The summed E-state index contributed by atoms with van der Waals surface area (Å²) >= 11 is 0. The van der Waals surface area contributed by atoms with E-state index in [9.17, 15) is 19.5 Å². The fraction of sp³-hybridized carbons (Fsp3) is 0.591. The molecule has 0 spiro atoms. The van der Waals surface area contributed by atoms with Gasteiger partial charge in [0.2, 0.25) is 0 Å². The maximum absolute atomic E-state index is 12.7. The number of aliphatic hydroxyl groups is 1. The third-order valence-electron chi connectivity index (χ3n) is 6.07. The van der Waals surface area contributed by atoms with Gasteiger partial charge in [-0.3, -0.25) is 4.79 Å². The zero-order valence-electron chi connectivity index (χ0n) is 17.8. The molecule has 2 aliphatic heterocycles. The molecule has 2 saturated heterocycles. The van der Waals surface area contributed by atoms with Crippen LogP contribution in [0.2, 0.25) is 0 Å². The third kappa shape index (κ3) is 4.06. The van der Waals surface area contributed by atoms with Crippen LogP contribution < -0.4 is 0 Å². The van der Waals surface area contributed by atoms with Gasteiger partial charge in [-0.15, -0.1) is 0 Å². The van der Waals surface area contributed by atoms with Crippen LogP contribution in [-0.2, 0) is 33.3 Å². The Morgan fingerprint density at radius 2 is 1.90 bits per heavy atom. The topological polar surface area (TPSA) is 112 Å². The number of aliphatic hydroxyl groups excluding tert-OH is 1. The van der Waals surface area contributed by atoms with Crippen LogP contribution in [0.3, 0.4) is 0 Å². The molecule has 1 N–H and O–H groups in total. The van der Waals surface area contributed by atoms with Gasteiger partial charge in [-0.05, 0) is 44.9 Å². The van der Waals surface area contributed by atoms with Crippen LogP contribution in [0.4, 0.5) is 0 Å². The minimum atomic E-state index is -1.26. The first-order valence-electron chi connectivity index (χ1n) is 9.94. The normalized spacial score (nSPS) is 42.1. The largest absolute Gasteiger partial charge is 0.458 e. The van der Waals surface area contributed by atoms with Gasteiger partial charge in [-0.25, -0.2) is 9.59 Å². The van der Waals surface area contributed by atoms with Crippen molar-refractivity contribution in [3.8, 4) is 0 Å². The van der Waals surface area contributed by atoms with E-state index in [1.807, 2.05) is 0 Å². The summed E-state index contributed by atoms with van der Waals surface area (Å²) in [5, 5.41) is 11.2. The molecule has 0 radical (unpaired) electrons. The highest BCUT2D eigenvalue weighted by atomic mass is 16.7. The van der Waals surface area contributed by atoms with Gasteiger partial charge in [0.05, 0.1) is 12.0 Å². The zero-order chi connectivity index (χ0) is 22.4. The number of carbonyl (C=O) groups is 3. The lowest BCUT2D eigenvalue weighted by atomic mass is 9.83. The van der Waals surface area contributed by atoms with Gasteiger partial charge >= 0.3 is 17.9 Å². The molecule has 30 heavy (non-hydrogen) atoms. The Bertz CT molecular complexity index is 840. The molecule has 0 aromatic heterocycles. The number of epoxide rings is 1. The monoisotopic (exact) mass is 420 g/mol. The number of esters is 3. The van der Waals surface area contributed by atoms with Crippen molar-refractivity contribution in [2.75, 3.05) is 0 Å². The lowest BCUT2D eigenvalue weighted by molar-refractivity contribution is -0.160.